The number of hydrogen-bond acceptors (Lipinski definition) is 3. The third-order valence-corrected chi connectivity index (χ3v) is 3.33. The molecule has 0 bridgehead atoms. The summed E-state index contributed by atoms with van der Waals surface area (Å²) in [5.74, 6) is 0.194. The highest BCUT2D eigenvalue weighted by Gasteiger charge is 2.28. The monoisotopic (exact) mass is 233 g/mol. The number of benzene rings is 1. The fourth-order valence-electron chi connectivity index (χ4n) is 2.07. The molecule has 3 nitrogen and oxygen atoms in total. The number of rotatable bonds is 5. The molecule has 1 aromatic carbocycles. The SMILES string of the molecule is CCC(=O)c1ccc(NC2CC(OC)C2)cc1. The zero-order chi connectivity index (χ0) is 12.3. The van der Waals surface area contributed by atoms with Gasteiger partial charge >= 0.3 is 0 Å². The van der Waals surface area contributed by atoms with Crippen LogP contribution in [0.3, 0.4) is 0 Å². The van der Waals surface area contributed by atoms with Gasteiger partial charge in [-0.25, -0.2) is 0 Å². The smallest absolute Gasteiger partial charge is 0.162 e. The summed E-state index contributed by atoms with van der Waals surface area (Å²) in [6, 6.07) is 8.24. The van der Waals surface area contributed by atoms with Gasteiger partial charge in [-0.15, -0.1) is 0 Å². The minimum atomic E-state index is 0.194. The van der Waals surface area contributed by atoms with E-state index >= 15 is 0 Å². The van der Waals surface area contributed by atoms with Gasteiger partial charge in [0.15, 0.2) is 5.78 Å². The Morgan fingerprint density at radius 2 is 2.00 bits per heavy atom. The van der Waals surface area contributed by atoms with E-state index in [0.29, 0.717) is 18.6 Å². The van der Waals surface area contributed by atoms with Crippen molar-refractivity contribution >= 4 is 11.5 Å². The first-order valence-electron chi connectivity index (χ1n) is 6.15. The lowest BCUT2D eigenvalue weighted by molar-refractivity contribution is 0.0329. The maximum absolute atomic E-state index is 11.5. The van der Waals surface area contributed by atoms with Crippen molar-refractivity contribution < 1.29 is 9.53 Å². The number of carbonyl (C=O) groups excluding carboxylic acids is 1. The first-order chi connectivity index (χ1) is 8.22. The number of hydrogen-bond donors (Lipinski definition) is 1. The van der Waals surface area contributed by atoms with E-state index in [9.17, 15) is 4.79 Å². The fourth-order valence-corrected chi connectivity index (χ4v) is 2.07. The van der Waals surface area contributed by atoms with Gasteiger partial charge in [-0.05, 0) is 37.1 Å². The van der Waals surface area contributed by atoms with Crippen molar-refractivity contribution in [2.45, 2.75) is 38.3 Å². The standard InChI is InChI=1S/C14H19NO2/c1-3-14(16)10-4-6-11(7-5-10)15-12-8-13(9-12)17-2/h4-7,12-13,15H,3,8-9H2,1-2H3. The van der Waals surface area contributed by atoms with Crippen LogP contribution in [-0.4, -0.2) is 25.0 Å². The predicted octanol–water partition coefficient (Wildman–Crippen LogP) is 2.87. The Bertz CT molecular complexity index is 380. The van der Waals surface area contributed by atoms with Crippen molar-refractivity contribution in [2.75, 3.05) is 12.4 Å². The van der Waals surface area contributed by atoms with Crippen LogP contribution in [0, 0.1) is 0 Å². The van der Waals surface area contributed by atoms with Gasteiger partial charge in [0.25, 0.3) is 0 Å². The number of carbonyl (C=O) groups is 1. The molecule has 1 fully saturated rings. The van der Waals surface area contributed by atoms with Crippen LogP contribution in [0.1, 0.15) is 36.5 Å². The third kappa shape index (κ3) is 2.86. The summed E-state index contributed by atoms with van der Waals surface area (Å²) in [6.45, 7) is 1.88. The summed E-state index contributed by atoms with van der Waals surface area (Å²) in [6.07, 6.45) is 3.09. The van der Waals surface area contributed by atoms with Gasteiger partial charge < -0.3 is 10.1 Å². The molecule has 17 heavy (non-hydrogen) atoms. The molecule has 0 unspecified atom stereocenters. The highest BCUT2D eigenvalue weighted by molar-refractivity contribution is 5.96. The Kier molecular flexibility index (Phi) is 3.79. The normalized spacial score (nSPS) is 22.9. The van der Waals surface area contributed by atoms with E-state index in [2.05, 4.69) is 5.32 Å². The summed E-state index contributed by atoms with van der Waals surface area (Å²) < 4.78 is 5.23. The van der Waals surface area contributed by atoms with E-state index in [1.807, 2.05) is 31.2 Å². The van der Waals surface area contributed by atoms with Gasteiger partial charge in [0.1, 0.15) is 0 Å². The Balaban J connectivity index is 1.88. The van der Waals surface area contributed by atoms with Crippen LogP contribution in [0.2, 0.25) is 0 Å². The fraction of sp³-hybridized carbons (Fsp3) is 0.500. The number of Topliss-reactive ketones (excluding diaryl/α,β-unsaturated/α-hetero) is 1. The molecule has 3 heteroatoms. The molecule has 0 radical (unpaired) electrons. The van der Waals surface area contributed by atoms with Crippen LogP contribution in [-0.2, 0) is 4.74 Å². The number of ketones is 1. The van der Waals surface area contributed by atoms with Gasteiger partial charge in [0, 0.05) is 30.8 Å². The van der Waals surface area contributed by atoms with Crippen molar-refractivity contribution in [3.8, 4) is 0 Å². The van der Waals surface area contributed by atoms with Crippen molar-refractivity contribution in [3.05, 3.63) is 29.8 Å². The number of methoxy groups -OCH3 is 1. The zero-order valence-corrected chi connectivity index (χ0v) is 10.4. The van der Waals surface area contributed by atoms with E-state index < -0.39 is 0 Å². The molecule has 1 N–H and O–H groups in total. The Morgan fingerprint density at radius 3 is 2.53 bits per heavy atom. The number of anilines is 1. The van der Waals surface area contributed by atoms with Crippen LogP contribution >= 0.6 is 0 Å². The molecule has 92 valence electrons. The Hall–Kier alpha value is -1.35. The van der Waals surface area contributed by atoms with E-state index in [-0.39, 0.29) is 5.78 Å². The summed E-state index contributed by atoms with van der Waals surface area (Å²) in [4.78, 5) is 11.5. The Labute approximate surface area is 102 Å². The molecule has 1 saturated carbocycles. The molecule has 0 spiro atoms. The zero-order valence-electron chi connectivity index (χ0n) is 10.4. The lowest BCUT2D eigenvalue weighted by Crippen LogP contribution is -2.40. The molecule has 0 heterocycles. The van der Waals surface area contributed by atoms with Crippen molar-refractivity contribution in [1.29, 1.82) is 0 Å². The quantitative estimate of drug-likeness (QED) is 0.795. The highest BCUT2D eigenvalue weighted by Crippen LogP contribution is 2.26. The minimum Gasteiger partial charge on any atom is -0.382 e. The molecule has 0 aliphatic heterocycles. The summed E-state index contributed by atoms with van der Waals surface area (Å²) in [5, 5.41) is 3.44. The molecular formula is C14H19NO2. The molecule has 0 atom stereocenters. The van der Waals surface area contributed by atoms with Gasteiger partial charge in [-0.3, -0.25) is 4.79 Å². The maximum atomic E-state index is 11.5. The van der Waals surface area contributed by atoms with Crippen LogP contribution < -0.4 is 5.32 Å². The van der Waals surface area contributed by atoms with Crippen LogP contribution in [0.5, 0.6) is 0 Å². The molecule has 0 amide bonds. The third-order valence-electron chi connectivity index (χ3n) is 3.33. The van der Waals surface area contributed by atoms with E-state index in [4.69, 9.17) is 4.74 Å². The first-order valence-corrected chi connectivity index (χ1v) is 6.15. The number of nitrogens with one attached hydrogen (secondary N) is 1. The number of ether oxygens (including phenoxy) is 1. The molecular weight excluding hydrogens is 214 g/mol. The Morgan fingerprint density at radius 1 is 1.35 bits per heavy atom. The second-order valence-electron chi connectivity index (χ2n) is 4.52. The lowest BCUT2D eigenvalue weighted by atomic mass is 9.89. The van der Waals surface area contributed by atoms with Gasteiger partial charge in [0.05, 0.1) is 6.10 Å². The second-order valence-corrected chi connectivity index (χ2v) is 4.52. The summed E-state index contributed by atoms with van der Waals surface area (Å²) in [7, 11) is 1.76. The maximum Gasteiger partial charge on any atom is 0.162 e. The van der Waals surface area contributed by atoms with Crippen molar-refractivity contribution in [1.82, 2.24) is 0 Å². The van der Waals surface area contributed by atoms with E-state index in [0.717, 1.165) is 24.1 Å². The minimum absolute atomic E-state index is 0.194. The molecule has 0 aromatic heterocycles. The average molecular weight is 233 g/mol. The van der Waals surface area contributed by atoms with Crippen LogP contribution in [0.25, 0.3) is 0 Å². The van der Waals surface area contributed by atoms with Crippen molar-refractivity contribution in [3.63, 3.8) is 0 Å². The predicted molar refractivity (Wildman–Crippen MR) is 68.5 cm³/mol. The van der Waals surface area contributed by atoms with Gasteiger partial charge in [-0.1, -0.05) is 6.92 Å². The van der Waals surface area contributed by atoms with Crippen LogP contribution in [0.15, 0.2) is 24.3 Å². The second kappa shape index (κ2) is 5.32. The molecule has 1 aliphatic rings. The molecule has 1 aliphatic carbocycles. The highest BCUT2D eigenvalue weighted by atomic mass is 16.5. The first kappa shape index (κ1) is 12.1. The topological polar surface area (TPSA) is 38.3 Å². The summed E-state index contributed by atoms with van der Waals surface area (Å²) in [5.41, 5.74) is 1.87. The van der Waals surface area contributed by atoms with E-state index in [1.54, 1.807) is 7.11 Å². The van der Waals surface area contributed by atoms with E-state index in [1.165, 1.54) is 0 Å². The summed E-state index contributed by atoms with van der Waals surface area (Å²) >= 11 is 0. The average Bonchev–Trinajstić information content (AvgIpc) is 2.33. The van der Waals surface area contributed by atoms with Crippen LogP contribution in [0.4, 0.5) is 5.69 Å². The molecule has 2 rings (SSSR count). The largest absolute Gasteiger partial charge is 0.382 e. The molecule has 0 saturated heterocycles. The van der Waals surface area contributed by atoms with Gasteiger partial charge in [-0.2, -0.15) is 0 Å². The van der Waals surface area contributed by atoms with Crippen molar-refractivity contribution in [2.24, 2.45) is 0 Å². The van der Waals surface area contributed by atoms with Gasteiger partial charge in [0.2, 0.25) is 0 Å². The lowest BCUT2D eigenvalue weighted by Gasteiger charge is -2.35. The molecule has 1 aromatic rings.